The average Bonchev–Trinajstić information content (AvgIpc) is 3.13. The van der Waals surface area contributed by atoms with Crippen LogP contribution in [-0.2, 0) is 11.8 Å². The summed E-state index contributed by atoms with van der Waals surface area (Å²) >= 11 is 0. The van der Waals surface area contributed by atoms with E-state index in [4.69, 9.17) is 0 Å². The summed E-state index contributed by atoms with van der Waals surface area (Å²) in [5.74, 6) is -0.000678. The van der Waals surface area contributed by atoms with E-state index < -0.39 is 16.9 Å². The van der Waals surface area contributed by atoms with Gasteiger partial charge < -0.3 is 20.1 Å². The molecule has 28 heavy (non-hydrogen) atoms. The van der Waals surface area contributed by atoms with Gasteiger partial charge in [-0.25, -0.2) is 4.98 Å². The highest BCUT2D eigenvalue weighted by Crippen LogP contribution is 2.21. The predicted octanol–water partition coefficient (Wildman–Crippen LogP) is 0.620. The lowest BCUT2D eigenvalue weighted by atomic mass is 10.1. The number of hydrogen-bond acceptors (Lipinski definition) is 6. The molecule has 0 radical (unpaired) electrons. The number of carbonyl (C=O) groups excluding carboxylic acids is 2. The first-order chi connectivity index (χ1) is 13.4. The van der Waals surface area contributed by atoms with Gasteiger partial charge in [-0.05, 0) is 13.0 Å². The zero-order valence-electron chi connectivity index (χ0n) is 15.7. The van der Waals surface area contributed by atoms with Gasteiger partial charge >= 0.3 is 0 Å². The molecule has 1 aliphatic rings. The first-order valence-corrected chi connectivity index (χ1v) is 8.92. The van der Waals surface area contributed by atoms with Crippen LogP contribution in [0.1, 0.15) is 29.1 Å². The summed E-state index contributed by atoms with van der Waals surface area (Å²) in [4.78, 5) is 41.8. The lowest BCUT2D eigenvalue weighted by Crippen LogP contribution is -2.54. The molecule has 2 N–H and O–H groups in total. The molecule has 1 aromatic carbocycles. The Kier molecular flexibility index (Phi) is 5.69. The van der Waals surface area contributed by atoms with E-state index in [1.54, 1.807) is 18.0 Å². The third-order valence-electron chi connectivity index (χ3n) is 4.72. The van der Waals surface area contributed by atoms with Crippen LogP contribution in [0.25, 0.3) is 0 Å². The zero-order chi connectivity index (χ0) is 20.3. The molecule has 2 amide bonds. The zero-order valence-corrected chi connectivity index (χ0v) is 15.7. The Morgan fingerprint density at radius 2 is 2.21 bits per heavy atom. The lowest BCUT2D eigenvalue weighted by Gasteiger charge is -2.37. The fraction of sp³-hybridized carbons (Fsp3) is 0.389. The number of aromatic nitrogens is 2. The molecule has 148 valence electrons. The molecule has 0 bridgehead atoms. The minimum atomic E-state index is -0.785. The molecule has 10 heteroatoms. The van der Waals surface area contributed by atoms with Crippen LogP contribution in [0.4, 0.5) is 5.69 Å². The summed E-state index contributed by atoms with van der Waals surface area (Å²) in [7, 11) is 1.87. The van der Waals surface area contributed by atoms with E-state index in [0.717, 1.165) is 5.82 Å². The van der Waals surface area contributed by atoms with Crippen LogP contribution in [0, 0.1) is 10.1 Å². The molecule has 1 fully saturated rings. The highest BCUT2D eigenvalue weighted by molar-refractivity contribution is 5.97. The maximum Gasteiger partial charge on any atom is 0.270 e. The van der Waals surface area contributed by atoms with Crippen LogP contribution < -0.4 is 10.6 Å². The number of non-ortho nitro benzene ring substituents is 1. The van der Waals surface area contributed by atoms with Crippen molar-refractivity contribution < 1.29 is 14.5 Å². The van der Waals surface area contributed by atoms with Gasteiger partial charge in [0.05, 0.1) is 4.92 Å². The van der Waals surface area contributed by atoms with E-state index in [1.165, 1.54) is 24.3 Å². The van der Waals surface area contributed by atoms with Crippen LogP contribution in [0.15, 0.2) is 36.7 Å². The second-order valence-electron chi connectivity index (χ2n) is 6.65. The standard InChI is InChI=1S/C18H22N6O4/c1-12(21-17(25)13-4-3-5-14(10-13)24(27)28)18(26)23-9-6-19-11-15(23)16-20-7-8-22(16)2/h3-5,7-8,10,12,15,19H,6,9,11H2,1-2H3,(H,21,25). The Morgan fingerprint density at radius 3 is 2.89 bits per heavy atom. The van der Waals surface area contributed by atoms with Gasteiger partial charge in [0.1, 0.15) is 17.9 Å². The second-order valence-corrected chi connectivity index (χ2v) is 6.65. The Hall–Kier alpha value is -3.27. The Labute approximate surface area is 161 Å². The van der Waals surface area contributed by atoms with Crippen molar-refractivity contribution in [2.45, 2.75) is 19.0 Å². The number of hydrogen-bond donors (Lipinski definition) is 2. The topological polar surface area (TPSA) is 122 Å². The number of imidazole rings is 1. The molecule has 1 saturated heterocycles. The molecule has 2 aromatic rings. The van der Waals surface area contributed by atoms with Crippen LogP contribution in [0.3, 0.4) is 0 Å². The molecule has 0 aliphatic carbocycles. The first kappa shape index (κ1) is 19.5. The highest BCUT2D eigenvalue weighted by Gasteiger charge is 2.33. The number of rotatable bonds is 5. The first-order valence-electron chi connectivity index (χ1n) is 8.92. The summed E-state index contributed by atoms with van der Waals surface area (Å²) < 4.78 is 1.87. The summed E-state index contributed by atoms with van der Waals surface area (Å²) in [5.41, 5.74) is -0.0432. The largest absolute Gasteiger partial charge is 0.341 e. The Bertz CT molecular complexity index is 896. The fourth-order valence-corrected chi connectivity index (χ4v) is 3.25. The number of nitrogens with zero attached hydrogens (tertiary/aromatic N) is 4. The SMILES string of the molecule is CC(NC(=O)c1cccc([N+](=O)[O-])c1)C(=O)N1CCNCC1c1nccn1C. The fourth-order valence-electron chi connectivity index (χ4n) is 3.25. The maximum atomic E-state index is 13.0. The van der Waals surface area contributed by atoms with E-state index in [2.05, 4.69) is 15.6 Å². The average molecular weight is 386 g/mol. The summed E-state index contributed by atoms with van der Waals surface area (Å²) in [6.45, 7) is 3.32. The highest BCUT2D eigenvalue weighted by atomic mass is 16.6. The number of piperazine rings is 1. The molecule has 2 atom stereocenters. The maximum absolute atomic E-state index is 13.0. The third kappa shape index (κ3) is 4.01. The van der Waals surface area contributed by atoms with Crippen LogP contribution in [-0.4, -0.2) is 56.9 Å². The second kappa shape index (κ2) is 8.17. The molecule has 3 rings (SSSR count). The van der Waals surface area contributed by atoms with E-state index in [9.17, 15) is 19.7 Å². The van der Waals surface area contributed by atoms with Crippen molar-refractivity contribution in [2.24, 2.45) is 7.05 Å². The Morgan fingerprint density at radius 1 is 1.43 bits per heavy atom. The molecular formula is C18H22N6O4. The van der Waals surface area contributed by atoms with Gasteiger partial charge in [-0.3, -0.25) is 19.7 Å². The third-order valence-corrected chi connectivity index (χ3v) is 4.72. The lowest BCUT2D eigenvalue weighted by molar-refractivity contribution is -0.384. The van der Waals surface area contributed by atoms with Crippen molar-refractivity contribution in [1.29, 1.82) is 0 Å². The van der Waals surface area contributed by atoms with Gasteiger partial charge in [0.25, 0.3) is 11.6 Å². The number of carbonyl (C=O) groups is 2. The van der Waals surface area contributed by atoms with Gasteiger partial charge in [0.15, 0.2) is 0 Å². The van der Waals surface area contributed by atoms with Crippen molar-refractivity contribution in [1.82, 2.24) is 25.1 Å². The van der Waals surface area contributed by atoms with Crippen LogP contribution in [0.2, 0.25) is 0 Å². The minimum absolute atomic E-state index is 0.134. The van der Waals surface area contributed by atoms with Crippen molar-refractivity contribution >= 4 is 17.5 Å². The summed E-state index contributed by atoms with van der Waals surface area (Å²) in [6, 6.07) is 4.39. The van der Waals surface area contributed by atoms with E-state index in [1.807, 2.05) is 17.8 Å². The van der Waals surface area contributed by atoms with Gasteiger partial charge in [0.2, 0.25) is 5.91 Å². The van der Waals surface area contributed by atoms with E-state index in [-0.39, 0.29) is 23.2 Å². The van der Waals surface area contributed by atoms with Crippen molar-refractivity contribution in [2.75, 3.05) is 19.6 Å². The van der Waals surface area contributed by atoms with Crippen LogP contribution in [0.5, 0.6) is 0 Å². The Balaban J connectivity index is 1.72. The monoisotopic (exact) mass is 386 g/mol. The van der Waals surface area contributed by atoms with Crippen molar-refractivity contribution in [3.8, 4) is 0 Å². The van der Waals surface area contributed by atoms with Gasteiger partial charge in [-0.2, -0.15) is 0 Å². The van der Waals surface area contributed by atoms with Crippen LogP contribution >= 0.6 is 0 Å². The van der Waals surface area contributed by atoms with Crippen molar-refractivity contribution in [3.63, 3.8) is 0 Å². The minimum Gasteiger partial charge on any atom is -0.341 e. The molecule has 0 saturated carbocycles. The van der Waals surface area contributed by atoms with E-state index in [0.29, 0.717) is 19.6 Å². The molecule has 1 aliphatic heterocycles. The summed E-state index contributed by atoms with van der Waals surface area (Å²) in [6.07, 6.45) is 3.50. The van der Waals surface area contributed by atoms with Gasteiger partial charge in [-0.1, -0.05) is 6.07 Å². The number of benzene rings is 1. The summed E-state index contributed by atoms with van der Waals surface area (Å²) in [5, 5.41) is 16.8. The number of amides is 2. The number of aryl methyl sites for hydroxylation is 1. The molecule has 10 nitrogen and oxygen atoms in total. The van der Waals surface area contributed by atoms with Gasteiger partial charge in [0, 0.05) is 56.8 Å². The predicted molar refractivity (Wildman–Crippen MR) is 101 cm³/mol. The molecule has 2 unspecified atom stereocenters. The van der Waals surface area contributed by atoms with E-state index >= 15 is 0 Å². The molecule has 2 heterocycles. The normalized spacial score (nSPS) is 17.8. The number of nitro benzene ring substituents is 1. The molecule has 1 aromatic heterocycles. The molecular weight excluding hydrogens is 364 g/mol. The number of nitrogens with one attached hydrogen (secondary N) is 2. The quantitative estimate of drug-likeness (QED) is 0.574. The molecule has 0 spiro atoms. The van der Waals surface area contributed by atoms with Gasteiger partial charge in [-0.15, -0.1) is 0 Å². The number of nitro groups is 1. The smallest absolute Gasteiger partial charge is 0.270 e. The van der Waals surface area contributed by atoms with Crippen molar-refractivity contribution in [3.05, 3.63) is 58.2 Å².